The van der Waals surface area contributed by atoms with Gasteiger partial charge in [0.2, 0.25) is 5.91 Å². The van der Waals surface area contributed by atoms with Gasteiger partial charge in [-0.25, -0.2) is 4.98 Å². The number of aromatic nitrogens is 2. The number of carbonyl (C=O) groups is 1. The number of fused-ring (bicyclic) bond motifs is 1. The van der Waals surface area contributed by atoms with Crippen molar-refractivity contribution in [2.45, 2.75) is 26.4 Å². The van der Waals surface area contributed by atoms with E-state index in [0.29, 0.717) is 18.0 Å². The van der Waals surface area contributed by atoms with Gasteiger partial charge in [0.15, 0.2) is 0 Å². The highest BCUT2D eigenvalue weighted by molar-refractivity contribution is 5.91. The molecule has 1 aromatic heterocycles. The maximum atomic E-state index is 11.7. The summed E-state index contributed by atoms with van der Waals surface area (Å²) in [6.07, 6.45) is 4.79. The molecule has 0 radical (unpaired) electrons. The first-order valence-electron chi connectivity index (χ1n) is 7.40. The van der Waals surface area contributed by atoms with E-state index in [4.69, 9.17) is 0 Å². The molecule has 2 aromatic rings. The second-order valence-corrected chi connectivity index (χ2v) is 5.65. The lowest BCUT2D eigenvalue weighted by Crippen LogP contribution is -2.31. The molecule has 0 aliphatic heterocycles. The molecule has 0 fully saturated rings. The molecule has 1 atom stereocenters. The van der Waals surface area contributed by atoms with Crippen LogP contribution < -0.4 is 5.32 Å². The molecule has 22 heavy (non-hydrogen) atoms. The minimum absolute atomic E-state index is 0.252. The first kappa shape index (κ1) is 16.1. The molecule has 5 nitrogen and oxygen atoms in total. The Morgan fingerprint density at radius 3 is 2.77 bits per heavy atom. The number of amides is 1. The Kier molecular flexibility index (Phi) is 5.61. The highest BCUT2D eigenvalue weighted by Gasteiger charge is 2.07. The Morgan fingerprint density at radius 1 is 1.32 bits per heavy atom. The van der Waals surface area contributed by atoms with Gasteiger partial charge in [0.25, 0.3) is 0 Å². The van der Waals surface area contributed by atoms with Crippen molar-refractivity contribution in [1.82, 2.24) is 15.3 Å². The number of aliphatic hydroxyl groups excluding tert-OH is 1. The summed E-state index contributed by atoms with van der Waals surface area (Å²) < 4.78 is 0. The van der Waals surface area contributed by atoms with Gasteiger partial charge in [0.05, 0.1) is 29.0 Å². The number of hydrogen-bond acceptors (Lipinski definition) is 4. The summed E-state index contributed by atoms with van der Waals surface area (Å²) >= 11 is 0. The molecule has 0 aliphatic carbocycles. The van der Waals surface area contributed by atoms with Crippen molar-refractivity contribution in [3.8, 4) is 0 Å². The number of nitrogens with zero attached hydrogens (tertiary/aromatic N) is 2. The lowest BCUT2D eigenvalue weighted by atomic mass is 10.1. The SMILES string of the molecule is CC(C)CC(O)CNC(=O)/C=C/c1cnc2ccccc2n1. The molecular formula is C17H21N3O2. The Labute approximate surface area is 130 Å². The molecule has 1 unspecified atom stereocenters. The fourth-order valence-corrected chi connectivity index (χ4v) is 2.12. The van der Waals surface area contributed by atoms with Crippen molar-refractivity contribution in [2.75, 3.05) is 6.54 Å². The van der Waals surface area contributed by atoms with Crippen LogP contribution in [0.4, 0.5) is 0 Å². The Balaban J connectivity index is 1.91. The smallest absolute Gasteiger partial charge is 0.244 e. The third kappa shape index (κ3) is 4.93. The van der Waals surface area contributed by atoms with Crippen molar-refractivity contribution in [1.29, 1.82) is 0 Å². The van der Waals surface area contributed by atoms with E-state index in [0.717, 1.165) is 11.0 Å². The van der Waals surface area contributed by atoms with Gasteiger partial charge in [-0.05, 0) is 30.5 Å². The average Bonchev–Trinajstić information content (AvgIpc) is 2.50. The lowest BCUT2D eigenvalue weighted by Gasteiger charge is -2.12. The third-order valence-electron chi connectivity index (χ3n) is 3.13. The normalized spacial score (nSPS) is 12.9. The molecule has 2 rings (SSSR count). The number of carbonyl (C=O) groups excluding carboxylic acids is 1. The first-order chi connectivity index (χ1) is 10.5. The zero-order chi connectivity index (χ0) is 15.9. The van der Waals surface area contributed by atoms with Crippen LogP contribution in [-0.2, 0) is 4.79 Å². The number of benzene rings is 1. The zero-order valence-electron chi connectivity index (χ0n) is 12.9. The molecule has 0 saturated carbocycles. The van der Waals surface area contributed by atoms with Crippen LogP contribution in [0.15, 0.2) is 36.5 Å². The Morgan fingerprint density at radius 2 is 2.05 bits per heavy atom. The summed E-state index contributed by atoms with van der Waals surface area (Å²) in [5.41, 5.74) is 2.23. The number of nitrogens with one attached hydrogen (secondary N) is 1. The molecule has 1 amide bonds. The predicted octanol–water partition coefficient (Wildman–Crippen LogP) is 2.17. The molecule has 1 aromatic carbocycles. The zero-order valence-corrected chi connectivity index (χ0v) is 12.9. The first-order valence-corrected chi connectivity index (χ1v) is 7.40. The van der Waals surface area contributed by atoms with Gasteiger partial charge in [0.1, 0.15) is 0 Å². The summed E-state index contributed by atoms with van der Waals surface area (Å²) in [5.74, 6) is 0.146. The Hall–Kier alpha value is -2.27. The fraction of sp³-hybridized carbons (Fsp3) is 0.353. The number of rotatable bonds is 6. The van der Waals surface area contributed by atoms with Gasteiger partial charge in [-0.1, -0.05) is 26.0 Å². The summed E-state index contributed by atoms with van der Waals surface area (Å²) in [6, 6.07) is 7.57. The molecule has 5 heteroatoms. The highest BCUT2D eigenvalue weighted by Crippen LogP contribution is 2.09. The quantitative estimate of drug-likeness (QED) is 0.802. The van der Waals surface area contributed by atoms with Crippen LogP contribution in [0.3, 0.4) is 0 Å². The van der Waals surface area contributed by atoms with Crippen LogP contribution in [0.5, 0.6) is 0 Å². The van der Waals surface area contributed by atoms with E-state index in [9.17, 15) is 9.90 Å². The van der Waals surface area contributed by atoms with Gasteiger partial charge >= 0.3 is 0 Å². The van der Waals surface area contributed by atoms with Crippen LogP contribution in [-0.4, -0.2) is 33.6 Å². The van der Waals surface area contributed by atoms with Gasteiger partial charge in [-0.2, -0.15) is 0 Å². The van der Waals surface area contributed by atoms with Crippen LogP contribution >= 0.6 is 0 Å². The van der Waals surface area contributed by atoms with E-state index in [-0.39, 0.29) is 12.5 Å². The van der Waals surface area contributed by atoms with E-state index in [1.807, 2.05) is 38.1 Å². The molecule has 0 bridgehead atoms. The molecule has 2 N–H and O–H groups in total. The topological polar surface area (TPSA) is 75.1 Å². The molecule has 0 saturated heterocycles. The third-order valence-corrected chi connectivity index (χ3v) is 3.13. The molecule has 0 spiro atoms. The van der Waals surface area contributed by atoms with Crippen molar-refractivity contribution >= 4 is 23.0 Å². The molecule has 116 valence electrons. The summed E-state index contributed by atoms with van der Waals surface area (Å²) in [4.78, 5) is 20.4. The minimum Gasteiger partial charge on any atom is -0.391 e. The van der Waals surface area contributed by atoms with Gasteiger partial charge in [-0.3, -0.25) is 9.78 Å². The highest BCUT2D eigenvalue weighted by atomic mass is 16.3. The van der Waals surface area contributed by atoms with Crippen molar-refractivity contribution in [2.24, 2.45) is 5.92 Å². The van der Waals surface area contributed by atoms with E-state index >= 15 is 0 Å². The second kappa shape index (κ2) is 7.66. The van der Waals surface area contributed by atoms with Crippen molar-refractivity contribution in [3.63, 3.8) is 0 Å². The minimum atomic E-state index is -0.516. The van der Waals surface area contributed by atoms with E-state index in [2.05, 4.69) is 15.3 Å². The van der Waals surface area contributed by atoms with Crippen LogP contribution in [0.2, 0.25) is 0 Å². The van der Waals surface area contributed by atoms with Crippen LogP contribution in [0.25, 0.3) is 17.1 Å². The van der Waals surface area contributed by atoms with E-state index in [1.54, 1.807) is 12.3 Å². The lowest BCUT2D eigenvalue weighted by molar-refractivity contribution is -0.116. The van der Waals surface area contributed by atoms with E-state index < -0.39 is 6.10 Å². The number of aliphatic hydroxyl groups is 1. The van der Waals surface area contributed by atoms with Crippen LogP contribution in [0, 0.1) is 5.92 Å². The molecule has 1 heterocycles. The Bertz CT molecular complexity index is 668. The maximum Gasteiger partial charge on any atom is 0.244 e. The second-order valence-electron chi connectivity index (χ2n) is 5.65. The summed E-state index contributed by atoms with van der Waals surface area (Å²) in [7, 11) is 0. The van der Waals surface area contributed by atoms with Crippen molar-refractivity contribution < 1.29 is 9.90 Å². The monoisotopic (exact) mass is 299 g/mol. The standard InChI is InChI=1S/C17H21N3O2/c1-12(2)9-14(21)11-19-17(22)8-7-13-10-18-15-5-3-4-6-16(15)20-13/h3-8,10,12,14,21H,9,11H2,1-2H3,(H,19,22)/b8-7+. The molecule has 0 aliphatic rings. The predicted molar refractivity (Wildman–Crippen MR) is 87.0 cm³/mol. The average molecular weight is 299 g/mol. The summed E-state index contributed by atoms with van der Waals surface area (Å²) in [6.45, 7) is 4.32. The number of para-hydroxylation sites is 2. The fourth-order valence-electron chi connectivity index (χ4n) is 2.12. The number of hydrogen-bond donors (Lipinski definition) is 2. The van der Waals surface area contributed by atoms with E-state index in [1.165, 1.54) is 6.08 Å². The maximum absolute atomic E-state index is 11.7. The van der Waals surface area contributed by atoms with Gasteiger partial charge < -0.3 is 10.4 Å². The molecular weight excluding hydrogens is 278 g/mol. The van der Waals surface area contributed by atoms with Gasteiger partial charge in [-0.15, -0.1) is 0 Å². The summed E-state index contributed by atoms with van der Waals surface area (Å²) in [5, 5.41) is 12.4. The van der Waals surface area contributed by atoms with Crippen LogP contribution in [0.1, 0.15) is 26.0 Å². The van der Waals surface area contributed by atoms with Gasteiger partial charge in [0, 0.05) is 12.6 Å². The largest absolute Gasteiger partial charge is 0.391 e. The van der Waals surface area contributed by atoms with Crippen molar-refractivity contribution in [3.05, 3.63) is 42.2 Å².